The second kappa shape index (κ2) is 6.11. The fourth-order valence-corrected chi connectivity index (χ4v) is 4.18. The van der Waals surface area contributed by atoms with Crippen LogP contribution in [0.25, 0.3) is 0 Å². The molecule has 3 heterocycles. The number of carbonyl (C=O) groups is 1. The number of ether oxygens (including phenoxy) is 1. The van der Waals surface area contributed by atoms with Gasteiger partial charge >= 0.3 is 6.09 Å². The van der Waals surface area contributed by atoms with Gasteiger partial charge in [0.25, 0.3) is 0 Å². The fourth-order valence-electron chi connectivity index (χ4n) is 4.18. The molecular formula is C18H25N3O2. The van der Waals surface area contributed by atoms with Crippen molar-refractivity contribution in [3.8, 4) is 0 Å². The highest BCUT2D eigenvalue weighted by atomic mass is 16.6. The molecule has 1 aliphatic carbocycles. The Hall–Kier alpha value is -1.62. The smallest absolute Gasteiger partial charge is 0.416 e. The van der Waals surface area contributed by atoms with E-state index in [0.717, 1.165) is 56.7 Å². The molecule has 0 unspecified atom stereocenters. The summed E-state index contributed by atoms with van der Waals surface area (Å²) in [6, 6.07) is 6.03. The fraction of sp³-hybridized carbons (Fsp3) is 0.667. The summed E-state index contributed by atoms with van der Waals surface area (Å²) in [5.41, 5.74) is 0.825. The summed E-state index contributed by atoms with van der Waals surface area (Å²) in [4.78, 5) is 18.9. The third-order valence-corrected chi connectivity index (χ3v) is 5.48. The molecule has 5 heteroatoms. The highest BCUT2D eigenvalue weighted by Gasteiger charge is 2.46. The summed E-state index contributed by atoms with van der Waals surface area (Å²) in [7, 11) is 0. The molecule has 1 aromatic heterocycles. The molecule has 1 saturated carbocycles. The first-order valence-electron chi connectivity index (χ1n) is 8.94. The minimum absolute atomic E-state index is 0.224. The zero-order valence-corrected chi connectivity index (χ0v) is 13.6. The minimum Gasteiger partial charge on any atom is -0.441 e. The van der Waals surface area contributed by atoms with E-state index in [2.05, 4.69) is 11.4 Å². The van der Waals surface area contributed by atoms with Crippen LogP contribution in [0.4, 0.5) is 10.6 Å². The average Bonchev–Trinajstić information content (AvgIpc) is 2.92. The van der Waals surface area contributed by atoms with E-state index < -0.39 is 0 Å². The summed E-state index contributed by atoms with van der Waals surface area (Å²) < 4.78 is 5.78. The van der Waals surface area contributed by atoms with Crippen LogP contribution in [0.2, 0.25) is 0 Å². The molecule has 2 saturated heterocycles. The zero-order valence-electron chi connectivity index (χ0n) is 13.6. The van der Waals surface area contributed by atoms with Crippen LogP contribution in [0, 0.1) is 0 Å². The lowest BCUT2D eigenvalue weighted by atomic mass is 9.85. The van der Waals surface area contributed by atoms with Gasteiger partial charge in [-0.2, -0.15) is 0 Å². The van der Waals surface area contributed by atoms with E-state index >= 15 is 0 Å². The van der Waals surface area contributed by atoms with Gasteiger partial charge in [-0.15, -0.1) is 0 Å². The zero-order chi connectivity index (χ0) is 15.7. The molecule has 1 spiro atoms. The van der Waals surface area contributed by atoms with E-state index in [1.165, 1.54) is 12.8 Å². The van der Waals surface area contributed by atoms with Crippen LogP contribution in [0.15, 0.2) is 18.2 Å². The van der Waals surface area contributed by atoms with E-state index in [-0.39, 0.29) is 11.7 Å². The lowest BCUT2D eigenvalue weighted by Crippen LogP contribution is -2.36. The molecule has 1 amide bonds. The Morgan fingerprint density at radius 3 is 2.87 bits per heavy atom. The largest absolute Gasteiger partial charge is 0.441 e. The van der Waals surface area contributed by atoms with Gasteiger partial charge in [-0.25, -0.2) is 9.78 Å². The Morgan fingerprint density at radius 2 is 2.09 bits per heavy atom. The van der Waals surface area contributed by atoms with Gasteiger partial charge in [0.15, 0.2) is 0 Å². The molecule has 1 aromatic rings. The van der Waals surface area contributed by atoms with Crippen LogP contribution in [0.3, 0.4) is 0 Å². The predicted molar refractivity (Wildman–Crippen MR) is 88.7 cm³/mol. The number of rotatable bonds is 2. The maximum Gasteiger partial charge on any atom is 0.416 e. The van der Waals surface area contributed by atoms with Crippen molar-refractivity contribution in [2.45, 2.75) is 56.5 Å². The number of nitrogens with zero attached hydrogens (tertiary/aromatic N) is 2. The monoisotopic (exact) mass is 315 g/mol. The summed E-state index contributed by atoms with van der Waals surface area (Å²) in [6.07, 6.45) is 7.66. The number of carbonyl (C=O) groups excluding carboxylic acids is 1. The lowest BCUT2D eigenvalue weighted by Gasteiger charge is -2.30. The van der Waals surface area contributed by atoms with Crippen molar-refractivity contribution < 1.29 is 9.53 Å². The first-order chi connectivity index (χ1) is 11.3. The van der Waals surface area contributed by atoms with Crippen molar-refractivity contribution >= 4 is 11.9 Å². The van der Waals surface area contributed by atoms with Gasteiger partial charge in [-0.3, -0.25) is 4.90 Å². The van der Waals surface area contributed by atoms with E-state index in [1.807, 2.05) is 12.1 Å². The molecule has 4 rings (SSSR count). The third-order valence-electron chi connectivity index (χ3n) is 5.48. The Kier molecular flexibility index (Phi) is 3.97. The minimum atomic E-state index is -0.264. The van der Waals surface area contributed by atoms with E-state index in [0.29, 0.717) is 12.5 Å². The van der Waals surface area contributed by atoms with Crippen molar-refractivity contribution in [3.63, 3.8) is 0 Å². The maximum atomic E-state index is 12.4. The number of aromatic nitrogens is 1. The number of amides is 1. The molecule has 23 heavy (non-hydrogen) atoms. The Labute approximate surface area is 137 Å². The number of hydrogen-bond donors (Lipinski definition) is 1. The highest BCUT2D eigenvalue weighted by molar-refractivity contribution is 5.89. The summed E-state index contributed by atoms with van der Waals surface area (Å²) in [5.74, 6) is 1.20. The maximum absolute atomic E-state index is 12.4. The molecule has 2 aliphatic heterocycles. The molecule has 3 fully saturated rings. The molecule has 0 bridgehead atoms. The molecule has 3 aliphatic rings. The van der Waals surface area contributed by atoms with Gasteiger partial charge in [-0.1, -0.05) is 12.5 Å². The van der Waals surface area contributed by atoms with Crippen molar-refractivity contribution in [1.29, 1.82) is 0 Å². The quantitative estimate of drug-likeness (QED) is 0.910. The van der Waals surface area contributed by atoms with Crippen LogP contribution in [-0.4, -0.2) is 36.3 Å². The van der Waals surface area contributed by atoms with Gasteiger partial charge in [0.1, 0.15) is 11.4 Å². The third kappa shape index (κ3) is 2.94. The van der Waals surface area contributed by atoms with Crippen LogP contribution in [0.5, 0.6) is 0 Å². The van der Waals surface area contributed by atoms with Gasteiger partial charge in [0, 0.05) is 18.2 Å². The second-order valence-corrected chi connectivity index (χ2v) is 7.16. The van der Waals surface area contributed by atoms with Crippen molar-refractivity contribution in [2.75, 3.05) is 24.5 Å². The highest BCUT2D eigenvalue weighted by Crippen LogP contribution is 2.38. The first-order valence-corrected chi connectivity index (χ1v) is 8.94. The topological polar surface area (TPSA) is 54.5 Å². The molecular weight excluding hydrogens is 290 g/mol. The summed E-state index contributed by atoms with van der Waals surface area (Å²) >= 11 is 0. The number of anilines is 1. The van der Waals surface area contributed by atoms with Crippen molar-refractivity contribution in [2.24, 2.45) is 0 Å². The lowest BCUT2D eigenvalue weighted by molar-refractivity contribution is 0.0260. The number of hydrogen-bond acceptors (Lipinski definition) is 4. The van der Waals surface area contributed by atoms with Gasteiger partial charge in [0.2, 0.25) is 0 Å². The summed E-state index contributed by atoms with van der Waals surface area (Å²) in [6.45, 7) is 2.73. The van der Waals surface area contributed by atoms with Gasteiger partial charge < -0.3 is 10.1 Å². The predicted octanol–water partition coefficient (Wildman–Crippen LogP) is 3.21. The number of pyridine rings is 1. The van der Waals surface area contributed by atoms with E-state index in [4.69, 9.17) is 9.72 Å². The van der Waals surface area contributed by atoms with Crippen molar-refractivity contribution in [3.05, 3.63) is 23.9 Å². The van der Waals surface area contributed by atoms with Gasteiger partial charge in [0.05, 0.1) is 6.54 Å². The van der Waals surface area contributed by atoms with Crippen molar-refractivity contribution in [1.82, 2.24) is 10.3 Å². The second-order valence-electron chi connectivity index (χ2n) is 7.16. The molecule has 5 nitrogen and oxygen atoms in total. The normalized spacial score (nSPS) is 27.2. The molecule has 1 N–H and O–H groups in total. The van der Waals surface area contributed by atoms with E-state index in [1.54, 1.807) is 4.90 Å². The first kappa shape index (κ1) is 14.9. The standard InChI is InChI=1S/C18H25N3O2/c22-17-21(13-18(23-17)9-2-1-3-10-18)16-8-4-7-15(20-16)14-6-5-11-19-12-14/h4,7-8,14,19H,1-3,5-6,9-13H2/t14-/m1/s1. The average molecular weight is 315 g/mol. The van der Waals surface area contributed by atoms with Crippen LogP contribution >= 0.6 is 0 Å². The Balaban J connectivity index is 1.54. The molecule has 124 valence electrons. The Morgan fingerprint density at radius 1 is 1.22 bits per heavy atom. The molecule has 0 aromatic carbocycles. The molecule has 0 radical (unpaired) electrons. The van der Waals surface area contributed by atoms with Gasteiger partial charge in [-0.05, 0) is 57.2 Å². The van der Waals surface area contributed by atoms with Crippen LogP contribution < -0.4 is 10.2 Å². The Bertz CT molecular complexity index is 577. The van der Waals surface area contributed by atoms with Crippen LogP contribution in [-0.2, 0) is 4.74 Å². The number of piperidine rings is 1. The SMILES string of the molecule is O=C1OC2(CCCCC2)CN1c1cccc([C@@H]2CCCNC2)n1. The van der Waals surface area contributed by atoms with Crippen LogP contribution in [0.1, 0.15) is 56.6 Å². The molecule has 1 atom stereocenters. The van der Waals surface area contributed by atoms with E-state index in [9.17, 15) is 4.79 Å². The summed E-state index contributed by atoms with van der Waals surface area (Å²) in [5, 5.41) is 3.43. The number of nitrogens with one attached hydrogen (secondary N) is 1.